The van der Waals surface area contributed by atoms with E-state index in [1.807, 2.05) is 0 Å². The average molecular weight is 450 g/mol. The Labute approximate surface area is 163 Å². The van der Waals surface area contributed by atoms with E-state index in [1.165, 1.54) is 13.1 Å². The van der Waals surface area contributed by atoms with Gasteiger partial charge in [0.05, 0.1) is 22.7 Å². The summed E-state index contributed by atoms with van der Waals surface area (Å²) in [5.74, 6) is -2.56. The number of nitrogens with one attached hydrogen (secondary N) is 1. The van der Waals surface area contributed by atoms with Crippen LogP contribution in [0.5, 0.6) is 0 Å². The Bertz CT molecular complexity index is 801. The number of thiophene rings is 1. The zero-order valence-corrected chi connectivity index (χ0v) is 16.7. The van der Waals surface area contributed by atoms with Gasteiger partial charge in [-0.3, -0.25) is 5.32 Å². The normalized spacial score (nSPS) is 35.3. The van der Waals surface area contributed by atoms with Crippen molar-refractivity contribution in [2.45, 2.75) is 49.9 Å². The topological polar surface area (TPSA) is 75.4 Å². The average Bonchev–Trinajstić information content (AvgIpc) is 2.92. The third-order valence-corrected chi connectivity index (χ3v) is 8.84. The van der Waals surface area contributed by atoms with Gasteiger partial charge < -0.3 is 5.73 Å². The molecule has 27 heavy (non-hydrogen) atoms. The van der Waals surface area contributed by atoms with Gasteiger partial charge in [-0.15, -0.1) is 11.3 Å². The Kier molecular flexibility index (Phi) is 5.84. The summed E-state index contributed by atoms with van der Waals surface area (Å²) in [7, 11) is -2.24. The van der Waals surface area contributed by atoms with E-state index in [4.69, 9.17) is 17.3 Å². The van der Waals surface area contributed by atoms with Crippen LogP contribution in [0.3, 0.4) is 0 Å². The molecular weight excluding hydrogens is 430 g/mol. The van der Waals surface area contributed by atoms with Crippen LogP contribution in [0, 0.1) is 5.92 Å². The first-order valence-electron chi connectivity index (χ1n) is 8.35. The molecule has 4 unspecified atom stereocenters. The first kappa shape index (κ1) is 21.3. The number of sulfonamides is 1. The van der Waals surface area contributed by atoms with Gasteiger partial charge in [0.25, 0.3) is 0 Å². The van der Waals surface area contributed by atoms with Crippen LogP contribution in [-0.2, 0) is 10.0 Å². The second-order valence-electron chi connectivity index (χ2n) is 7.06. The lowest BCUT2D eigenvalue weighted by molar-refractivity contribution is -0.188. The molecule has 3 N–H and O–H groups in total. The summed E-state index contributed by atoms with van der Waals surface area (Å²) < 4.78 is 78.5. The van der Waals surface area contributed by atoms with Crippen LogP contribution in [-0.4, -0.2) is 44.2 Å². The number of rotatable bonds is 2. The molecule has 1 aromatic rings. The zero-order chi connectivity index (χ0) is 20.1. The molecule has 0 bridgehead atoms. The van der Waals surface area contributed by atoms with Crippen molar-refractivity contribution >= 4 is 33.0 Å². The molecule has 2 aliphatic rings. The molecule has 0 radical (unpaired) electrons. The van der Waals surface area contributed by atoms with Crippen molar-refractivity contribution in [2.75, 3.05) is 12.8 Å². The van der Waals surface area contributed by atoms with Crippen molar-refractivity contribution in [1.82, 2.24) is 9.62 Å². The Morgan fingerprint density at radius 3 is 2.59 bits per heavy atom. The van der Waals surface area contributed by atoms with Crippen LogP contribution in [0.15, 0.2) is 6.07 Å². The fraction of sp³-hybridized carbons (Fsp3) is 0.733. The van der Waals surface area contributed by atoms with Crippen LogP contribution in [0.25, 0.3) is 0 Å². The largest absolute Gasteiger partial charge is 0.391 e. The summed E-state index contributed by atoms with van der Waals surface area (Å²) in [5, 5.41) is 3.19. The van der Waals surface area contributed by atoms with Crippen LogP contribution in [0.1, 0.15) is 41.0 Å². The summed E-state index contributed by atoms with van der Waals surface area (Å²) in [6.07, 6.45) is -7.62. The predicted octanol–water partition coefficient (Wildman–Crippen LogP) is 3.33. The minimum atomic E-state index is -4.44. The lowest BCUT2D eigenvalue weighted by Gasteiger charge is -2.35. The predicted molar refractivity (Wildman–Crippen MR) is 95.8 cm³/mol. The van der Waals surface area contributed by atoms with Crippen LogP contribution < -0.4 is 11.1 Å². The summed E-state index contributed by atoms with van der Waals surface area (Å²) in [5.41, 5.74) is 5.79. The first-order chi connectivity index (χ1) is 12.4. The number of nitrogens with zero attached hydrogens (tertiary/aromatic N) is 1. The molecule has 1 aliphatic heterocycles. The molecule has 5 atom stereocenters. The highest BCUT2D eigenvalue weighted by Crippen LogP contribution is 2.48. The van der Waals surface area contributed by atoms with E-state index in [-0.39, 0.29) is 23.6 Å². The van der Waals surface area contributed by atoms with Crippen LogP contribution >= 0.6 is 22.9 Å². The number of alkyl halides is 4. The quantitative estimate of drug-likeness (QED) is 0.679. The standard InChI is InChI=1S/C15H20ClF4N3O2S2/c1-23-14(21)22-11(6-27(23,24)25)13-10(16)5-12(26-13)7-2-8(15(18,19)20)4-9(17)3-7/h5,7-9,11,14,22H,2-4,6,21H2,1H3/t7?,8?,9?,11-,14?/m0/s1. The first-order valence-corrected chi connectivity index (χ1v) is 11.2. The van der Waals surface area contributed by atoms with Crippen LogP contribution in [0.4, 0.5) is 17.6 Å². The summed E-state index contributed by atoms with van der Waals surface area (Å²) >= 11 is 7.37. The monoisotopic (exact) mass is 449 g/mol. The second-order valence-corrected chi connectivity index (χ2v) is 10.7. The van der Waals surface area contributed by atoms with Crippen molar-refractivity contribution in [1.29, 1.82) is 0 Å². The van der Waals surface area contributed by atoms with E-state index >= 15 is 0 Å². The third kappa shape index (κ3) is 4.43. The van der Waals surface area contributed by atoms with Crippen molar-refractivity contribution in [3.8, 4) is 0 Å². The fourth-order valence-corrected chi connectivity index (χ4v) is 6.70. The summed E-state index contributed by atoms with van der Waals surface area (Å²) in [4.78, 5) is 1.03. The minimum Gasteiger partial charge on any atom is -0.303 e. The van der Waals surface area contributed by atoms with Crippen molar-refractivity contribution in [3.63, 3.8) is 0 Å². The third-order valence-electron chi connectivity index (χ3n) is 5.14. The van der Waals surface area contributed by atoms with E-state index in [9.17, 15) is 26.0 Å². The molecule has 0 aromatic carbocycles. The Balaban J connectivity index is 1.84. The van der Waals surface area contributed by atoms with Crippen molar-refractivity contribution < 1.29 is 26.0 Å². The molecule has 1 aliphatic carbocycles. The molecule has 12 heteroatoms. The highest BCUT2D eigenvalue weighted by molar-refractivity contribution is 7.89. The zero-order valence-electron chi connectivity index (χ0n) is 14.3. The maximum absolute atomic E-state index is 13.9. The number of nitrogens with two attached hydrogens (primary N) is 1. The van der Waals surface area contributed by atoms with E-state index in [2.05, 4.69) is 5.32 Å². The lowest BCUT2D eigenvalue weighted by Crippen LogP contribution is -2.59. The number of hydrogen-bond donors (Lipinski definition) is 2. The molecule has 0 spiro atoms. The Hall–Kier alpha value is -0.460. The fourth-order valence-electron chi connectivity index (χ4n) is 3.60. The van der Waals surface area contributed by atoms with Crippen molar-refractivity contribution in [3.05, 3.63) is 20.8 Å². The van der Waals surface area contributed by atoms with Gasteiger partial charge in [-0.1, -0.05) is 11.6 Å². The van der Waals surface area contributed by atoms with Gasteiger partial charge in [-0.2, -0.15) is 17.5 Å². The van der Waals surface area contributed by atoms with Gasteiger partial charge >= 0.3 is 6.18 Å². The van der Waals surface area contributed by atoms with E-state index in [0.29, 0.717) is 9.75 Å². The number of halogens is 5. The Morgan fingerprint density at radius 2 is 2.00 bits per heavy atom. The molecule has 5 nitrogen and oxygen atoms in total. The van der Waals surface area contributed by atoms with E-state index < -0.39 is 53.0 Å². The van der Waals surface area contributed by atoms with E-state index in [0.717, 1.165) is 15.6 Å². The molecule has 1 aromatic heterocycles. The molecule has 2 heterocycles. The Morgan fingerprint density at radius 1 is 1.33 bits per heavy atom. The molecule has 1 saturated heterocycles. The smallest absolute Gasteiger partial charge is 0.303 e. The SMILES string of the molecule is CN1C(N)N[C@H](c2sc(C3CC(F)CC(C(F)(F)F)C3)cc2Cl)CS1(=O)=O. The lowest BCUT2D eigenvalue weighted by atomic mass is 9.79. The highest BCUT2D eigenvalue weighted by atomic mass is 35.5. The van der Waals surface area contributed by atoms with Gasteiger partial charge in [-0.05, 0) is 31.2 Å². The molecule has 154 valence electrons. The van der Waals surface area contributed by atoms with Gasteiger partial charge in [0.15, 0.2) is 0 Å². The van der Waals surface area contributed by atoms with Crippen molar-refractivity contribution in [2.24, 2.45) is 11.7 Å². The van der Waals surface area contributed by atoms with Gasteiger partial charge in [0.2, 0.25) is 10.0 Å². The van der Waals surface area contributed by atoms with Gasteiger partial charge in [-0.25, -0.2) is 12.8 Å². The number of hydrogen-bond acceptors (Lipinski definition) is 5. The maximum Gasteiger partial charge on any atom is 0.391 e. The minimum absolute atomic E-state index is 0.00150. The molecule has 3 rings (SSSR count). The van der Waals surface area contributed by atoms with Crippen LogP contribution in [0.2, 0.25) is 5.02 Å². The highest BCUT2D eigenvalue weighted by Gasteiger charge is 2.46. The van der Waals surface area contributed by atoms with Gasteiger partial charge in [0, 0.05) is 16.8 Å². The molecular formula is C15H20ClF4N3O2S2. The molecule has 1 saturated carbocycles. The van der Waals surface area contributed by atoms with Gasteiger partial charge in [0.1, 0.15) is 12.5 Å². The second kappa shape index (κ2) is 7.42. The molecule has 0 amide bonds. The molecule has 2 fully saturated rings. The summed E-state index contributed by atoms with van der Waals surface area (Å²) in [6.45, 7) is 0. The maximum atomic E-state index is 13.9. The van der Waals surface area contributed by atoms with E-state index in [1.54, 1.807) is 0 Å². The summed E-state index contributed by atoms with van der Waals surface area (Å²) in [6, 6.07) is 0.853.